The van der Waals surface area contributed by atoms with Gasteiger partial charge in [-0.2, -0.15) is 0 Å². The first-order valence-electron chi connectivity index (χ1n) is 6.46. The van der Waals surface area contributed by atoms with Crippen molar-refractivity contribution in [2.45, 2.75) is 65.6 Å². The van der Waals surface area contributed by atoms with E-state index in [0.717, 1.165) is 13.1 Å². The average molecular weight is 213 g/mol. The molecule has 1 rings (SSSR count). The minimum atomic E-state index is 0.407. The molecule has 0 saturated carbocycles. The summed E-state index contributed by atoms with van der Waals surface area (Å²) in [5.74, 6) is 0. The molecule has 0 aliphatic carbocycles. The summed E-state index contributed by atoms with van der Waals surface area (Å²) in [7, 11) is 0. The molecule has 1 heterocycles. The van der Waals surface area contributed by atoms with E-state index in [9.17, 15) is 0 Å². The van der Waals surface area contributed by atoms with Gasteiger partial charge in [0, 0.05) is 6.54 Å². The summed E-state index contributed by atoms with van der Waals surface area (Å²) in [5, 5.41) is 3.47. The van der Waals surface area contributed by atoms with Crippen LogP contribution in [0.5, 0.6) is 0 Å². The molecular formula is C13H27NO. The Morgan fingerprint density at radius 2 is 2.07 bits per heavy atom. The van der Waals surface area contributed by atoms with Gasteiger partial charge in [-0.15, -0.1) is 0 Å². The van der Waals surface area contributed by atoms with Gasteiger partial charge in [0.2, 0.25) is 0 Å². The molecule has 0 bridgehead atoms. The molecule has 1 N–H and O–H groups in total. The molecule has 0 aromatic heterocycles. The first kappa shape index (κ1) is 13.0. The van der Waals surface area contributed by atoms with Gasteiger partial charge in [-0.1, -0.05) is 20.8 Å². The van der Waals surface area contributed by atoms with E-state index in [2.05, 4.69) is 33.0 Å². The second kappa shape index (κ2) is 5.86. The van der Waals surface area contributed by atoms with Crippen LogP contribution >= 0.6 is 0 Å². The highest BCUT2D eigenvalue weighted by atomic mass is 16.5. The van der Waals surface area contributed by atoms with Gasteiger partial charge in [0.15, 0.2) is 0 Å². The summed E-state index contributed by atoms with van der Waals surface area (Å²) in [6.45, 7) is 11.2. The summed E-state index contributed by atoms with van der Waals surface area (Å²) in [6.07, 6.45) is 5.92. The highest BCUT2D eigenvalue weighted by Crippen LogP contribution is 2.33. The van der Waals surface area contributed by atoms with E-state index in [-0.39, 0.29) is 0 Å². The van der Waals surface area contributed by atoms with Crippen molar-refractivity contribution in [2.75, 3.05) is 13.1 Å². The Bertz CT molecular complexity index is 183. The zero-order chi connectivity index (χ0) is 11.3. The van der Waals surface area contributed by atoms with Gasteiger partial charge < -0.3 is 10.1 Å². The molecule has 1 aliphatic heterocycles. The second-order valence-corrected chi connectivity index (χ2v) is 5.29. The quantitative estimate of drug-likeness (QED) is 0.732. The van der Waals surface area contributed by atoms with E-state index in [1.165, 1.54) is 25.7 Å². The fourth-order valence-electron chi connectivity index (χ4n) is 2.35. The number of nitrogens with one attached hydrogen (secondary N) is 1. The van der Waals surface area contributed by atoms with Crippen LogP contribution in [-0.4, -0.2) is 25.3 Å². The maximum Gasteiger partial charge on any atom is 0.0585 e. The Morgan fingerprint density at radius 1 is 1.33 bits per heavy atom. The lowest BCUT2D eigenvalue weighted by atomic mass is 9.81. The number of rotatable bonds is 6. The van der Waals surface area contributed by atoms with Crippen LogP contribution in [-0.2, 0) is 4.74 Å². The molecule has 0 amide bonds. The summed E-state index contributed by atoms with van der Waals surface area (Å²) in [6, 6.07) is 0. The average Bonchev–Trinajstić information content (AvgIpc) is 2.61. The van der Waals surface area contributed by atoms with Crippen LogP contribution in [0.1, 0.15) is 53.4 Å². The summed E-state index contributed by atoms with van der Waals surface area (Å²) >= 11 is 0. The maximum atomic E-state index is 5.91. The minimum Gasteiger partial charge on any atom is -0.375 e. The van der Waals surface area contributed by atoms with Crippen LogP contribution in [0.2, 0.25) is 0 Å². The van der Waals surface area contributed by atoms with E-state index >= 15 is 0 Å². The van der Waals surface area contributed by atoms with Crippen molar-refractivity contribution in [1.29, 1.82) is 0 Å². The monoisotopic (exact) mass is 213 g/mol. The van der Waals surface area contributed by atoms with Crippen LogP contribution in [0.3, 0.4) is 0 Å². The van der Waals surface area contributed by atoms with Crippen molar-refractivity contribution < 1.29 is 4.74 Å². The maximum absolute atomic E-state index is 5.91. The Labute approximate surface area is 94.8 Å². The molecule has 0 aromatic rings. The van der Waals surface area contributed by atoms with Crippen molar-refractivity contribution in [3.63, 3.8) is 0 Å². The molecule has 0 aromatic carbocycles. The summed E-state index contributed by atoms with van der Waals surface area (Å²) < 4.78 is 5.91. The third-order valence-electron chi connectivity index (χ3n) is 3.70. The van der Waals surface area contributed by atoms with Crippen LogP contribution in [0, 0.1) is 5.41 Å². The third-order valence-corrected chi connectivity index (χ3v) is 3.70. The summed E-state index contributed by atoms with van der Waals surface area (Å²) in [5.41, 5.74) is 0.407. The lowest BCUT2D eigenvalue weighted by Gasteiger charge is -2.31. The first-order chi connectivity index (χ1) is 7.09. The van der Waals surface area contributed by atoms with Crippen molar-refractivity contribution in [1.82, 2.24) is 5.32 Å². The van der Waals surface area contributed by atoms with Crippen LogP contribution in [0.15, 0.2) is 0 Å². The lowest BCUT2D eigenvalue weighted by molar-refractivity contribution is 0.0242. The van der Waals surface area contributed by atoms with Gasteiger partial charge in [0.05, 0.1) is 12.2 Å². The largest absolute Gasteiger partial charge is 0.375 e. The Morgan fingerprint density at radius 3 is 2.53 bits per heavy atom. The molecular weight excluding hydrogens is 186 g/mol. The van der Waals surface area contributed by atoms with Crippen LogP contribution in [0.25, 0.3) is 0 Å². The highest BCUT2D eigenvalue weighted by Gasteiger charge is 2.30. The topological polar surface area (TPSA) is 21.3 Å². The molecule has 90 valence electrons. The first-order valence-corrected chi connectivity index (χ1v) is 6.46. The SMILES string of the molecule is CCNCC(C)(CC)CC1CCC(C)O1. The van der Waals surface area contributed by atoms with E-state index in [1.54, 1.807) is 0 Å². The fourth-order valence-corrected chi connectivity index (χ4v) is 2.35. The predicted molar refractivity (Wildman–Crippen MR) is 65.1 cm³/mol. The molecule has 2 heteroatoms. The Hall–Kier alpha value is -0.0800. The van der Waals surface area contributed by atoms with Crippen molar-refractivity contribution in [3.8, 4) is 0 Å². The lowest BCUT2D eigenvalue weighted by Crippen LogP contribution is -2.34. The standard InChI is InChI=1S/C13H27NO/c1-5-13(4,10-14-6-2)9-12-8-7-11(3)15-12/h11-12,14H,5-10H2,1-4H3. The van der Waals surface area contributed by atoms with Gasteiger partial charge >= 0.3 is 0 Å². The zero-order valence-electron chi connectivity index (χ0n) is 10.8. The second-order valence-electron chi connectivity index (χ2n) is 5.29. The third kappa shape index (κ3) is 4.12. The van der Waals surface area contributed by atoms with E-state index in [1.807, 2.05) is 0 Å². The molecule has 3 unspecified atom stereocenters. The van der Waals surface area contributed by atoms with Crippen molar-refractivity contribution in [2.24, 2.45) is 5.41 Å². The minimum absolute atomic E-state index is 0.407. The molecule has 3 atom stereocenters. The smallest absolute Gasteiger partial charge is 0.0585 e. The molecule has 0 radical (unpaired) electrons. The van der Waals surface area contributed by atoms with E-state index < -0.39 is 0 Å². The Balaban J connectivity index is 2.37. The van der Waals surface area contributed by atoms with Gasteiger partial charge in [-0.25, -0.2) is 0 Å². The van der Waals surface area contributed by atoms with Gasteiger partial charge in [0.25, 0.3) is 0 Å². The van der Waals surface area contributed by atoms with Crippen LogP contribution in [0.4, 0.5) is 0 Å². The molecule has 1 fully saturated rings. The normalized spacial score (nSPS) is 30.4. The van der Waals surface area contributed by atoms with E-state index in [0.29, 0.717) is 17.6 Å². The number of hydrogen-bond donors (Lipinski definition) is 1. The molecule has 2 nitrogen and oxygen atoms in total. The zero-order valence-corrected chi connectivity index (χ0v) is 10.8. The van der Waals surface area contributed by atoms with Crippen LogP contribution < -0.4 is 5.32 Å². The molecule has 1 aliphatic rings. The van der Waals surface area contributed by atoms with Gasteiger partial charge in [-0.05, 0) is 44.6 Å². The fraction of sp³-hybridized carbons (Fsp3) is 1.00. The molecule has 1 saturated heterocycles. The van der Waals surface area contributed by atoms with Crippen molar-refractivity contribution >= 4 is 0 Å². The van der Waals surface area contributed by atoms with Gasteiger partial charge in [0.1, 0.15) is 0 Å². The number of hydrogen-bond acceptors (Lipinski definition) is 2. The summed E-state index contributed by atoms with van der Waals surface area (Å²) in [4.78, 5) is 0. The molecule has 0 spiro atoms. The predicted octanol–water partition coefficient (Wildman–Crippen LogP) is 2.97. The number of ether oxygens (including phenoxy) is 1. The van der Waals surface area contributed by atoms with Crippen molar-refractivity contribution in [3.05, 3.63) is 0 Å². The molecule has 15 heavy (non-hydrogen) atoms. The Kier molecular flexibility index (Phi) is 5.07. The van der Waals surface area contributed by atoms with Gasteiger partial charge in [-0.3, -0.25) is 0 Å². The highest BCUT2D eigenvalue weighted by molar-refractivity contribution is 4.82. The van der Waals surface area contributed by atoms with E-state index in [4.69, 9.17) is 4.74 Å².